The molecule has 0 bridgehead atoms. The van der Waals surface area contributed by atoms with E-state index >= 15 is 0 Å². The fourth-order valence-electron chi connectivity index (χ4n) is 10.0. The number of thiophene rings is 1. The minimum atomic E-state index is 0.679. The Kier molecular flexibility index (Phi) is 7.24. The molecular weight excluding hydrogens is 787 g/mol. The summed E-state index contributed by atoms with van der Waals surface area (Å²) in [6, 6.07) is 72.0. The monoisotopic (exact) mass is 819 g/mol. The largest absolute Gasteiger partial charge is 0.456 e. The summed E-state index contributed by atoms with van der Waals surface area (Å²) in [5.74, 6) is 0.679. The van der Waals surface area contributed by atoms with Gasteiger partial charge in [-0.15, -0.1) is 11.3 Å². The molecule has 5 heteroatoms. The Hall–Kier alpha value is -8.12. The highest BCUT2D eigenvalue weighted by molar-refractivity contribution is 7.26. The van der Waals surface area contributed by atoms with E-state index < -0.39 is 0 Å². The van der Waals surface area contributed by atoms with Crippen LogP contribution in [0.2, 0.25) is 0 Å². The van der Waals surface area contributed by atoms with E-state index in [0.29, 0.717) is 5.82 Å². The van der Waals surface area contributed by atoms with E-state index in [1.165, 1.54) is 58.0 Å². The average Bonchev–Trinajstić information content (AvgIpc) is 4.02. The molecule has 292 valence electrons. The number of rotatable bonds is 4. The Morgan fingerprint density at radius 1 is 0.397 bits per heavy atom. The van der Waals surface area contributed by atoms with Gasteiger partial charge in [-0.25, -0.2) is 9.97 Å². The number of fused-ring (bicyclic) bond motifs is 13. The Morgan fingerprint density at radius 3 is 1.95 bits per heavy atom. The number of hydrogen-bond acceptors (Lipinski definition) is 4. The van der Waals surface area contributed by atoms with E-state index in [0.717, 1.165) is 72.0 Å². The van der Waals surface area contributed by atoms with Crippen LogP contribution in [0, 0.1) is 0 Å². The van der Waals surface area contributed by atoms with Gasteiger partial charge in [0.1, 0.15) is 11.2 Å². The van der Waals surface area contributed by atoms with Crippen LogP contribution in [0.4, 0.5) is 0 Å². The Balaban J connectivity index is 1.11. The summed E-state index contributed by atoms with van der Waals surface area (Å²) in [5, 5.41) is 14.2. The number of hydrogen-bond donors (Lipinski definition) is 0. The predicted molar refractivity (Wildman–Crippen MR) is 265 cm³/mol. The van der Waals surface area contributed by atoms with Gasteiger partial charge < -0.3 is 8.98 Å². The fraction of sp³-hybridized carbons (Fsp3) is 0. The third-order valence-electron chi connectivity index (χ3n) is 13.0. The molecule has 63 heavy (non-hydrogen) atoms. The molecule has 0 aliphatic rings. The molecule has 0 amide bonds. The highest BCUT2D eigenvalue weighted by atomic mass is 32.1. The predicted octanol–water partition coefficient (Wildman–Crippen LogP) is 16.3. The second-order valence-electron chi connectivity index (χ2n) is 16.5. The lowest BCUT2D eigenvalue weighted by molar-refractivity contribution is 0.669. The van der Waals surface area contributed by atoms with Crippen LogP contribution in [0.5, 0.6) is 0 Å². The van der Waals surface area contributed by atoms with E-state index in [2.05, 4.69) is 193 Å². The minimum Gasteiger partial charge on any atom is -0.456 e. The molecule has 0 fully saturated rings. The third kappa shape index (κ3) is 5.21. The van der Waals surface area contributed by atoms with Crippen molar-refractivity contribution in [1.29, 1.82) is 0 Å². The van der Waals surface area contributed by atoms with Crippen molar-refractivity contribution in [2.75, 3.05) is 0 Å². The van der Waals surface area contributed by atoms with Crippen LogP contribution < -0.4 is 0 Å². The van der Waals surface area contributed by atoms with Crippen LogP contribution in [-0.4, -0.2) is 14.5 Å². The lowest BCUT2D eigenvalue weighted by atomic mass is 9.99. The van der Waals surface area contributed by atoms with Gasteiger partial charge >= 0.3 is 0 Å². The smallest absolute Gasteiger partial charge is 0.161 e. The zero-order valence-corrected chi connectivity index (χ0v) is 34.5. The first-order valence-corrected chi connectivity index (χ1v) is 22.1. The number of aromatic nitrogens is 3. The van der Waals surface area contributed by atoms with E-state index in [-0.39, 0.29) is 0 Å². The summed E-state index contributed by atoms with van der Waals surface area (Å²) in [4.78, 5) is 11.2. The number of benzene rings is 10. The molecular formula is C58H33N3OS. The molecule has 0 N–H and O–H groups in total. The fourth-order valence-corrected chi connectivity index (χ4v) is 11.3. The molecule has 0 aliphatic heterocycles. The molecule has 0 atom stereocenters. The Labute approximate surface area is 364 Å². The first-order chi connectivity index (χ1) is 31.2. The molecule has 0 saturated heterocycles. The summed E-state index contributed by atoms with van der Waals surface area (Å²) in [6.07, 6.45) is 0. The molecule has 0 saturated carbocycles. The van der Waals surface area contributed by atoms with Crippen molar-refractivity contribution in [2.24, 2.45) is 0 Å². The van der Waals surface area contributed by atoms with Gasteiger partial charge in [0.05, 0.1) is 22.4 Å². The number of furan rings is 1. The standard InChI is InChI=1S/C58H33N3OS/c1-2-15-37-30-52-46(28-36(37)14-1)43-19-7-9-22-51(43)61(52)39-31-48(56-45-26-24-35-13-4-6-18-41(35)57(45)63-55(56)32-39)58-59-49(33-50(60-58)42-21-11-16-34-12-3-5-17-40(34)42)38-25-27-54-47(29-38)44-20-8-10-23-53(44)62-54/h1-33H. The average molecular weight is 820 g/mol. The second-order valence-corrected chi connectivity index (χ2v) is 17.6. The van der Waals surface area contributed by atoms with Gasteiger partial charge in [0.2, 0.25) is 0 Å². The molecule has 0 spiro atoms. The van der Waals surface area contributed by atoms with Crippen molar-refractivity contribution >= 4 is 108 Å². The van der Waals surface area contributed by atoms with Crippen LogP contribution in [0.25, 0.3) is 136 Å². The second kappa shape index (κ2) is 13.2. The van der Waals surface area contributed by atoms with Crippen LogP contribution in [-0.2, 0) is 0 Å². The Morgan fingerprint density at radius 2 is 1.08 bits per heavy atom. The van der Waals surface area contributed by atoms with Crippen LogP contribution in [0.15, 0.2) is 205 Å². The third-order valence-corrected chi connectivity index (χ3v) is 14.1. The number of para-hydroxylation sites is 2. The first-order valence-electron chi connectivity index (χ1n) is 21.3. The van der Waals surface area contributed by atoms with E-state index in [1.807, 2.05) is 23.5 Å². The Bertz CT molecular complexity index is 4220. The summed E-state index contributed by atoms with van der Waals surface area (Å²) in [7, 11) is 0. The van der Waals surface area contributed by atoms with Crippen molar-refractivity contribution < 1.29 is 4.42 Å². The van der Waals surface area contributed by atoms with Crippen molar-refractivity contribution in [3.8, 4) is 39.6 Å². The van der Waals surface area contributed by atoms with Crippen molar-refractivity contribution in [3.05, 3.63) is 200 Å². The maximum Gasteiger partial charge on any atom is 0.161 e. The maximum atomic E-state index is 6.29. The minimum absolute atomic E-state index is 0.679. The highest BCUT2D eigenvalue weighted by Crippen LogP contribution is 2.46. The quantitative estimate of drug-likeness (QED) is 0.178. The van der Waals surface area contributed by atoms with E-state index in [9.17, 15) is 0 Å². The summed E-state index contributed by atoms with van der Waals surface area (Å²) >= 11 is 1.85. The van der Waals surface area contributed by atoms with Crippen molar-refractivity contribution in [3.63, 3.8) is 0 Å². The number of nitrogens with zero attached hydrogens (tertiary/aromatic N) is 3. The summed E-state index contributed by atoms with van der Waals surface area (Å²) in [6.45, 7) is 0. The van der Waals surface area contributed by atoms with Gasteiger partial charge in [0.15, 0.2) is 5.82 Å². The van der Waals surface area contributed by atoms with Crippen molar-refractivity contribution in [2.45, 2.75) is 0 Å². The van der Waals surface area contributed by atoms with E-state index in [4.69, 9.17) is 14.4 Å². The molecule has 14 rings (SSSR count). The van der Waals surface area contributed by atoms with Gasteiger partial charge in [0, 0.05) is 64.1 Å². The zero-order chi connectivity index (χ0) is 41.2. The van der Waals surface area contributed by atoms with E-state index in [1.54, 1.807) is 0 Å². The van der Waals surface area contributed by atoms with Crippen LogP contribution >= 0.6 is 11.3 Å². The van der Waals surface area contributed by atoms with Crippen LogP contribution in [0.1, 0.15) is 0 Å². The molecule has 0 aliphatic carbocycles. The topological polar surface area (TPSA) is 43.9 Å². The maximum absolute atomic E-state index is 6.29. The molecule has 4 heterocycles. The van der Waals surface area contributed by atoms with Gasteiger partial charge in [-0.3, -0.25) is 0 Å². The van der Waals surface area contributed by atoms with Gasteiger partial charge in [-0.1, -0.05) is 140 Å². The first kappa shape index (κ1) is 34.6. The van der Waals surface area contributed by atoms with Crippen LogP contribution in [0.3, 0.4) is 0 Å². The highest BCUT2D eigenvalue weighted by Gasteiger charge is 2.22. The lowest BCUT2D eigenvalue weighted by Gasteiger charge is -2.15. The van der Waals surface area contributed by atoms with Gasteiger partial charge in [-0.2, -0.15) is 0 Å². The van der Waals surface area contributed by atoms with Crippen molar-refractivity contribution in [1.82, 2.24) is 14.5 Å². The van der Waals surface area contributed by atoms with Gasteiger partial charge in [-0.05, 0) is 93.0 Å². The SMILES string of the molecule is c1ccc2cc3c(cc2c1)c1ccccc1n3-c1cc(-c2nc(-c3ccc4oc5ccccc5c4c3)cc(-c3cccc4ccccc34)n2)c2c(c1)sc1c3ccccc3ccc12. The molecule has 4 aromatic heterocycles. The summed E-state index contributed by atoms with van der Waals surface area (Å²) < 4.78 is 11.2. The molecule has 0 radical (unpaired) electrons. The summed E-state index contributed by atoms with van der Waals surface area (Å²) in [5.41, 5.74) is 9.91. The normalized spacial score (nSPS) is 12.1. The molecule has 4 nitrogen and oxygen atoms in total. The molecule has 14 aromatic rings. The van der Waals surface area contributed by atoms with Gasteiger partial charge in [0.25, 0.3) is 0 Å². The molecule has 0 unspecified atom stereocenters. The zero-order valence-electron chi connectivity index (χ0n) is 33.7. The molecule has 10 aromatic carbocycles. The lowest BCUT2D eigenvalue weighted by Crippen LogP contribution is -1.99.